The van der Waals surface area contributed by atoms with Crippen molar-refractivity contribution in [2.45, 2.75) is 181 Å². The van der Waals surface area contributed by atoms with Crippen LogP contribution in [0.15, 0.2) is 66.8 Å². The van der Waals surface area contributed by atoms with Gasteiger partial charge in [-0.2, -0.15) is 8.78 Å². The normalized spacial score (nSPS) is 24.6. The Hall–Kier alpha value is -3.05. The molecule has 0 amide bonds. The zero-order chi connectivity index (χ0) is 44.5. The van der Waals surface area contributed by atoms with Gasteiger partial charge in [0.15, 0.2) is 6.61 Å². The van der Waals surface area contributed by atoms with Gasteiger partial charge in [0.05, 0.1) is 24.4 Å². The van der Waals surface area contributed by atoms with E-state index in [1.165, 1.54) is 25.3 Å². The molecular formula is C50H78F2O8. The van der Waals surface area contributed by atoms with Gasteiger partial charge < -0.3 is 25.2 Å². The lowest BCUT2D eigenvalue weighted by molar-refractivity contribution is -0.122. The lowest BCUT2D eigenvalue weighted by Gasteiger charge is -2.22. The largest absolute Gasteiger partial charge is 0.487 e. The van der Waals surface area contributed by atoms with E-state index < -0.39 is 42.9 Å². The van der Waals surface area contributed by atoms with Crippen molar-refractivity contribution in [1.82, 2.24) is 0 Å². The van der Waals surface area contributed by atoms with Crippen molar-refractivity contribution in [2.24, 2.45) is 35.5 Å². The molecule has 0 spiro atoms. The number of hydrogen-bond donors (Lipinski definition) is 4. The number of halogens is 2. The molecule has 2 fully saturated rings. The number of carbonyl (C=O) groups excluding carboxylic acids is 3. The fourth-order valence-corrected chi connectivity index (χ4v) is 8.10. The number of aliphatic hydroxyl groups excluding tert-OH is 4. The van der Waals surface area contributed by atoms with Gasteiger partial charge in [0.1, 0.15) is 23.1 Å². The first-order valence-electron chi connectivity index (χ1n) is 22.9. The molecule has 0 bridgehead atoms. The number of ketones is 3. The monoisotopic (exact) mass is 845 g/mol. The van der Waals surface area contributed by atoms with E-state index in [2.05, 4.69) is 19.1 Å². The van der Waals surface area contributed by atoms with Gasteiger partial charge >= 0.3 is 0 Å². The Morgan fingerprint density at radius 2 is 1.22 bits per heavy atom. The minimum absolute atomic E-state index is 0.00112. The molecule has 2 aliphatic carbocycles. The van der Waals surface area contributed by atoms with Crippen LogP contribution in [0.3, 0.4) is 0 Å². The highest BCUT2D eigenvalue weighted by Gasteiger charge is 2.41. The van der Waals surface area contributed by atoms with Crippen molar-refractivity contribution in [3.05, 3.63) is 66.8 Å². The smallest absolute Gasteiger partial charge is 0.299 e. The number of Topliss-reactive ketones (excluding diaryl/α,β-unsaturated/α-hetero) is 3. The van der Waals surface area contributed by atoms with Crippen LogP contribution >= 0.6 is 0 Å². The zero-order valence-electron chi connectivity index (χ0n) is 37.2. The number of carbonyl (C=O) groups is 3. The molecule has 2 saturated carbocycles. The van der Waals surface area contributed by atoms with Gasteiger partial charge in [0.25, 0.3) is 5.92 Å². The first-order valence-corrected chi connectivity index (χ1v) is 22.9. The Morgan fingerprint density at radius 3 is 1.80 bits per heavy atom. The van der Waals surface area contributed by atoms with E-state index in [4.69, 9.17) is 4.74 Å². The second-order valence-corrected chi connectivity index (χ2v) is 17.7. The van der Waals surface area contributed by atoms with E-state index in [1.54, 1.807) is 30.3 Å². The Kier molecular flexibility index (Phi) is 25.9. The first-order chi connectivity index (χ1) is 28.6. The predicted octanol–water partition coefficient (Wildman–Crippen LogP) is 10.4. The van der Waals surface area contributed by atoms with E-state index in [0.29, 0.717) is 62.3 Å². The fourth-order valence-electron chi connectivity index (χ4n) is 8.10. The Balaban J connectivity index is 0.000000415. The van der Waals surface area contributed by atoms with Gasteiger partial charge in [-0.05, 0) is 93.7 Å². The number of ether oxygens (including phenoxy) is 1. The third kappa shape index (κ3) is 21.2. The summed E-state index contributed by atoms with van der Waals surface area (Å²) in [5, 5.41) is 41.2. The number of allylic oxidation sites excluding steroid dienone is 4. The molecule has 0 heterocycles. The molecule has 8 atom stereocenters. The number of alkyl halides is 2. The molecule has 0 aromatic heterocycles. The van der Waals surface area contributed by atoms with Crippen LogP contribution < -0.4 is 4.74 Å². The van der Waals surface area contributed by atoms with Crippen LogP contribution in [0.5, 0.6) is 5.75 Å². The van der Waals surface area contributed by atoms with Crippen LogP contribution in [-0.2, 0) is 14.4 Å². The number of benzene rings is 1. The molecule has 0 unspecified atom stereocenters. The Labute approximate surface area is 360 Å². The van der Waals surface area contributed by atoms with E-state index in [0.717, 1.165) is 51.0 Å². The summed E-state index contributed by atoms with van der Waals surface area (Å²) in [4.78, 5) is 35.4. The number of rotatable bonds is 28. The van der Waals surface area contributed by atoms with Gasteiger partial charge in [-0.1, -0.05) is 109 Å². The molecule has 8 nitrogen and oxygen atoms in total. The topological polar surface area (TPSA) is 141 Å². The van der Waals surface area contributed by atoms with E-state index >= 15 is 0 Å². The average molecular weight is 845 g/mol. The summed E-state index contributed by atoms with van der Waals surface area (Å²) in [6.07, 6.45) is 21.3. The van der Waals surface area contributed by atoms with E-state index in [9.17, 15) is 43.6 Å². The van der Waals surface area contributed by atoms with E-state index in [1.807, 2.05) is 39.8 Å². The predicted molar refractivity (Wildman–Crippen MR) is 236 cm³/mol. The van der Waals surface area contributed by atoms with Crippen molar-refractivity contribution in [1.29, 1.82) is 0 Å². The molecule has 0 aliphatic heterocycles. The second kappa shape index (κ2) is 29.3. The van der Waals surface area contributed by atoms with Crippen LogP contribution in [0, 0.1) is 35.5 Å². The summed E-state index contributed by atoms with van der Waals surface area (Å²) in [6, 6.07) is 8.41. The minimum Gasteiger partial charge on any atom is -0.487 e. The standard InChI is InChI=1S/C25H34F2O4.C25H44O4/c1-18(2)22(28)13-9-4-3-8-12-20-21(24(30)16-23(20)29)14-15-25(26,27)17-31-19-10-6-5-7-11-19;1-4-5-6-7-10-13-20(26)16-17-22-21(24(28)18-25(22)29)14-11-8-9-12-15-23(27)19(2)3/h3,5-8,10-11,14-15,18,20-21,23-24,29-30H,4,9,12-13,16-17H2,1-2H3;8,11,19,21-22,24-25,28-29H,4-7,9-10,12-18H2,1-3H3/b8-3-,15-14+;11-8-/t20-,21-,23+,24-;21-,22-,24+,25-/m11/s1. The molecule has 1 aromatic rings. The molecule has 10 heteroatoms. The minimum atomic E-state index is -3.19. The Bertz CT molecular complexity index is 1440. The molecule has 4 N–H and O–H groups in total. The van der Waals surface area contributed by atoms with Crippen molar-refractivity contribution in [3.8, 4) is 5.75 Å². The highest BCUT2D eigenvalue weighted by molar-refractivity contribution is 5.80. The maximum absolute atomic E-state index is 14.2. The molecule has 60 heavy (non-hydrogen) atoms. The number of unbranched alkanes of at least 4 members (excludes halogenated alkanes) is 6. The summed E-state index contributed by atoms with van der Waals surface area (Å²) in [6.45, 7) is 9.03. The number of hydrogen-bond acceptors (Lipinski definition) is 8. The van der Waals surface area contributed by atoms with Crippen molar-refractivity contribution >= 4 is 17.3 Å². The molecule has 3 rings (SSSR count). The van der Waals surface area contributed by atoms with Gasteiger partial charge in [-0.25, -0.2) is 0 Å². The molecule has 1 aromatic carbocycles. The van der Waals surface area contributed by atoms with Crippen LogP contribution in [-0.4, -0.2) is 74.7 Å². The van der Waals surface area contributed by atoms with Gasteiger partial charge in [0.2, 0.25) is 0 Å². The van der Waals surface area contributed by atoms with Crippen LogP contribution in [0.2, 0.25) is 0 Å². The summed E-state index contributed by atoms with van der Waals surface area (Å²) in [5.41, 5.74) is 0. The molecule has 340 valence electrons. The highest BCUT2D eigenvalue weighted by Crippen LogP contribution is 2.39. The second-order valence-electron chi connectivity index (χ2n) is 17.7. The maximum Gasteiger partial charge on any atom is 0.299 e. The van der Waals surface area contributed by atoms with Gasteiger partial charge in [0, 0.05) is 49.9 Å². The third-order valence-electron chi connectivity index (χ3n) is 12.0. The lowest BCUT2D eigenvalue weighted by atomic mass is 9.86. The van der Waals surface area contributed by atoms with Crippen molar-refractivity contribution < 1.29 is 48.3 Å². The summed E-state index contributed by atoms with van der Waals surface area (Å²) < 4.78 is 33.6. The molecular weight excluding hydrogens is 767 g/mol. The molecule has 0 saturated heterocycles. The lowest BCUT2D eigenvalue weighted by Crippen LogP contribution is -2.25. The van der Waals surface area contributed by atoms with E-state index in [-0.39, 0.29) is 41.8 Å². The van der Waals surface area contributed by atoms with Crippen LogP contribution in [0.4, 0.5) is 8.78 Å². The summed E-state index contributed by atoms with van der Waals surface area (Å²) in [5.74, 6) is -2.69. The zero-order valence-corrected chi connectivity index (χ0v) is 37.2. The first kappa shape index (κ1) is 53.1. The Morgan fingerprint density at radius 1 is 0.683 bits per heavy atom. The summed E-state index contributed by atoms with van der Waals surface area (Å²) in [7, 11) is 0. The van der Waals surface area contributed by atoms with Crippen LogP contribution in [0.1, 0.15) is 150 Å². The average Bonchev–Trinajstić information content (AvgIpc) is 3.64. The number of para-hydroxylation sites is 1. The third-order valence-corrected chi connectivity index (χ3v) is 12.0. The quantitative estimate of drug-likeness (QED) is 0.0483. The molecule has 0 radical (unpaired) electrons. The van der Waals surface area contributed by atoms with Crippen molar-refractivity contribution in [2.75, 3.05) is 6.61 Å². The fraction of sp³-hybridized carbons (Fsp3) is 0.700. The van der Waals surface area contributed by atoms with Crippen LogP contribution in [0.25, 0.3) is 0 Å². The number of aliphatic hydroxyl groups is 4. The van der Waals surface area contributed by atoms with Crippen molar-refractivity contribution in [3.63, 3.8) is 0 Å². The summed E-state index contributed by atoms with van der Waals surface area (Å²) >= 11 is 0. The van der Waals surface area contributed by atoms with Gasteiger partial charge in [-0.3, -0.25) is 14.4 Å². The SMILES string of the molecule is CC(C)C(=O)CCC/C=C\C[C@@H]1[C@@H](/C=C/C(F)(F)COc2ccccc2)[C@H](O)C[C@@H]1O.CCCCCCCC(=O)CC[C@@H]1[C@@H](C/C=C\CCCC(=O)C(C)C)[C@@H](O)C[C@H]1O. The maximum atomic E-state index is 14.2. The highest BCUT2D eigenvalue weighted by atomic mass is 19.3. The molecule has 2 aliphatic rings. The van der Waals surface area contributed by atoms with Gasteiger partial charge in [-0.15, -0.1) is 0 Å².